The highest BCUT2D eigenvalue weighted by molar-refractivity contribution is 7.99. The summed E-state index contributed by atoms with van der Waals surface area (Å²) in [6.07, 6.45) is 17.4. The van der Waals surface area contributed by atoms with Gasteiger partial charge in [-0.3, -0.25) is 0 Å². The maximum atomic E-state index is 6.82. The minimum absolute atomic E-state index is 0.609. The number of fused-ring (bicyclic) bond motifs is 1. The van der Waals surface area contributed by atoms with Crippen molar-refractivity contribution in [1.82, 2.24) is 24.6 Å². The largest absolute Gasteiger partial charge is 0.355 e. The summed E-state index contributed by atoms with van der Waals surface area (Å²) in [4.78, 5) is 17.2. The number of rotatable bonds is 4. The second-order valence-corrected chi connectivity index (χ2v) is 10.5. The van der Waals surface area contributed by atoms with Crippen molar-refractivity contribution < 1.29 is 0 Å². The van der Waals surface area contributed by atoms with Gasteiger partial charge in [0.1, 0.15) is 10.8 Å². The summed E-state index contributed by atoms with van der Waals surface area (Å²) in [5, 5.41) is 5.90. The minimum Gasteiger partial charge on any atom is -0.355 e. The predicted octanol–water partition coefficient (Wildman–Crippen LogP) is 6.15. The van der Waals surface area contributed by atoms with Gasteiger partial charge in [-0.05, 0) is 43.2 Å². The van der Waals surface area contributed by atoms with Crippen molar-refractivity contribution in [2.45, 2.75) is 48.4 Å². The Labute approximate surface area is 202 Å². The monoisotopic (exact) mass is 476 g/mol. The Hall–Kier alpha value is -2.64. The van der Waals surface area contributed by atoms with Gasteiger partial charge in [-0.1, -0.05) is 48.3 Å². The van der Waals surface area contributed by atoms with E-state index in [0.29, 0.717) is 10.4 Å². The number of piperidine rings is 1. The fourth-order valence-corrected chi connectivity index (χ4v) is 6.41. The molecule has 1 saturated carbocycles. The maximum Gasteiger partial charge on any atom is 0.162 e. The van der Waals surface area contributed by atoms with Gasteiger partial charge in [-0.25, -0.2) is 19.5 Å². The molecule has 0 radical (unpaired) electrons. The molecular formula is C25H25ClN6S. The highest BCUT2D eigenvalue weighted by atomic mass is 35.5. The smallest absolute Gasteiger partial charge is 0.162 e. The van der Waals surface area contributed by atoms with E-state index in [-0.39, 0.29) is 0 Å². The van der Waals surface area contributed by atoms with Gasteiger partial charge in [0.2, 0.25) is 0 Å². The van der Waals surface area contributed by atoms with Crippen molar-refractivity contribution in [3.63, 3.8) is 0 Å². The zero-order valence-corrected chi connectivity index (χ0v) is 19.9. The average molecular weight is 477 g/mol. The zero-order valence-electron chi connectivity index (χ0n) is 18.3. The van der Waals surface area contributed by atoms with E-state index < -0.39 is 0 Å². The van der Waals surface area contributed by atoms with Crippen LogP contribution < -0.4 is 4.90 Å². The molecule has 8 heteroatoms. The molecular weight excluding hydrogens is 452 g/mol. The van der Waals surface area contributed by atoms with Crippen LogP contribution in [-0.4, -0.2) is 37.7 Å². The van der Waals surface area contributed by atoms with E-state index in [4.69, 9.17) is 21.6 Å². The van der Waals surface area contributed by atoms with Crippen LogP contribution in [0.4, 0.5) is 5.82 Å². The van der Waals surface area contributed by atoms with Gasteiger partial charge in [0.05, 0.1) is 23.6 Å². The van der Waals surface area contributed by atoms with Crippen LogP contribution in [0.1, 0.15) is 38.5 Å². The molecule has 168 valence electrons. The van der Waals surface area contributed by atoms with Crippen molar-refractivity contribution in [2.24, 2.45) is 5.41 Å². The van der Waals surface area contributed by atoms with Crippen molar-refractivity contribution in [3.05, 3.63) is 60.3 Å². The van der Waals surface area contributed by atoms with Gasteiger partial charge >= 0.3 is 0 Å². The van der Waals surface area contributed by atoms with Gasteiger partial charge in [0, 0.05) is 41.5 Å². The molecule has 1 aliphatic heterocycles. The van der Waals surface area contributed by atoms with Crippen LogP contribution >= 0.6 is 23.4 Å². The third kappa shape index (κ3) is 3.97. The first-order valence-electron chi connectivity index (χ1n) is 11.5. The summed E-state index contributed by atoms with van der Waals surface area (Å²) in [5.41, 5.74) is 3.22. The predicted molar refractivity (Wildman–Crippen MR) is 132 cm³/mol. The molecule has 0 amide bonds. The van der Waals surface area contributed by atoms with Crippen LogP contribution in [0, 0.1) is 5.41 Å². The molecule has 1 aliphatic carbocycles. The lowest BCUT2D eigenvalue weighted by atomic mass is 9.77. The van der Waals surface area contributed by atoms with Crippen LogP contribution in [0.2, 0.25) is 5.02 Å². The van der Waals surface area contributed by atoms with Crippen LogP contribution in [0.5, 0.6) is 0 Å². The molecule has 6 nitrogen and oxygen atoms in total. The molecule has 1 spiro atoms. The normalized spacial score (nSPS) is 17.8. The first-order valence-corrected chi connectivity index (χ1v) is 12.7. The Morgan fingerprint density at radius 3 is 2.52 bits per heavy atom. The summed E-state index contributed by atoms with van der Waals surface area (Å²) >= 11 is 8.35. The summed E-state index contributed by atoms with van der Waals surface area (Å²) in [6.45, 7) is 2.17. The van der Waals surface area contributed by atoms with Gasteiger partial charge in [-0.2, -0.15) is 5.10 Å². The molecule has 4 aromatic rings. The van der Waals surface area contributed by atoms with Crippen molar-refractivity contribution in [2.75, 3.05) is 18.0 Å². The maximum absolute atomic E-state index is 6.82. The topological polar surface area (TPSA) is 59.2 Å². The van der Waals surface area contributed by atoms with Crippen molar-refractivity contribution in [1.29, 1.82) is 0 Å². The third-order valence-electron chi connectivity index (χ3n) is 7.17. The molecule has 1 aromatic carbocycles. The van der Waals surface area contributed by atoms with Gasteiger partial charge in [-0.15, -0.1) is 0 Å². The first kappa shape index (κ1) is 20.9. The van der Waals surface area contributed by atoms with E-state index in [2.05, 4.69) is 15.0 Å². The summed E-state index contributed by atoms with van der Waals surface area (Å²) in [6, 6.07) is 7.87. The molecule has 4 heterocycles. The van der Waals surface area contributed by atoms with E-state index in [0.717, 1.165) is 45.6 Å². The zero-order chi connectivity index (χ0) is 22.3. The number of benzene rings is 1. The lowest BCUT2D eigenvalue weighted by Crippen LogP contribution is -2.39. The lowest BCUT2D eigenvalue weighted by Gasteiger charge is -2.39. The van der Waals surface area contributed by atoms with Gasteiger partial charge < -0.3 is 4.90 Å². The minimum atomic E-state index is 0.609. The highest BCUT2D eigenvalue weighted by Crippen LogP contribution is 2.46. The molecule has 1 saturated heterocycles. The molecule has 0 atom stereocenters. The summed E-state index contributed by atoms with van der Waals surface area (Å²) < 4.78 is 1.75. The third-order valence-corrected chi connectivity index (χ3v) is 8.67. The Morgan fingerprint density at radius 2 is 1.73 bits per heavy atom. The highest BCUT2D eigenvalue weighted by Gasteiger charge is 2.37. The molecule has 2 aliphatic rings. The molecule has 0 unspecified atom stereocenters. The molecule has 33 heavy (non-hydrogen) atoms. The van der Waals surface area contributed by atoms with E-state index in [1.54, 1.807) is 16.9 Å². The van der Waals surface area contributed by atoms with Crippen LogP contribution in [0.25, 0.3) is 16.8 Å². The molecule has 6 rings (SSSR count). The van der Waals surface area contributed by atoms with E-state index in [1.165, 1.54) is 50.3 Å². The fraction of sp³-hybridized carbons (Fsp3) is 0.360. The standard InChI is InChI=1S/C25H25ClN6S/c26-23-18(19-15-30-32-12-4-11-27-24(19)32)5-3-6-20(23)33-22-17-28-21(16-29-22)31-13-9-25(10-14-31)7-1-2-8-25/h3-6,11-12,15-17H,1-2,7-10,13-14H2. The summed E-state index contributed by atoms with van der Waals surface area (Å²) in [5.74, 6) is 0.976. The fourth-order valence-electron chi connectivity index (χ4n) is 5.29. The quantitative estimate of drug-likeness (QED) is 0.352. The second-order valence-electron chi connectivity index (χ2n) is 9.07. The Balaban J connectivity index is 1.19. The number of hydrogen-bond acceptors (Lipinski definition) is 6. The average Bonchev–Trinajstić information content (AvgIpc) is 3.49. The Morgan fingerprint density at radius 1 is 0.879 bits per heavy atom. The number of anilines is 1. The Kier molecular flexibility index (Phi) is 5.46. The van der Waals surface area contributed by atoms with E-state index in [1.807, 2.05) is 42.9 Å². The van der Waals surface area contributed by atoms with Crippen molar-refractivity contribution >= 4 is 34.8 Å². The number of hydrogen-bond donors (Lipinski definition) is 0. The second kappa shape index (κ2) is 8.61. The first-order chi connectivity index (χ1) is 16.2. The van der Waals surface area contributed by atoms with E-state index in [9.17, 15) is 0 Å². The van der Waals surface area contributed by atoms with Crippen LogP contribution in [0.15, 0.2) is 65.2 Å². The number of aromatic nitrogens is 5. The molecule has 0 bridgehead atoms. The number of halogens is 1. The molecule has 2 fully saturated rings. The van der Waals surface area contributed by atoms with Crippen LogP contribution in [-0.2, 0) is 0 Å². The summed E-state index contributed by atoms with van der Waals surface area (Å²) in [7, 11) is 0. The molecule has 3 aromatic heterocycles. The number of nitrogens with zero attached hydrogens (tertiary/aromatic N) is 6. The lowest BCUT2D eigenvalue weighted by molar-refractivity contribution is 0.226. The van der Waals surface area contributed by atoms with E-state index >= 15 is 0 Å². The van der Waals surface area contributed by atoms with Crippen LogP contribution in [0.3, 0.4) is 0 Å². The van der Waals surface area contributed by atoms with Gasteiger partial charge in [0.15, 0.2) is 5.65 Å². The SMILES string of the molecule is Clc1c(Sc2cnc(N3CCC4(CCCC4)CC3)cn2)cccc1-c1cnn2cccnc12. The van der Waals surface area contributed by atoms with Gasteiger partial charge in [0.25, 0.3) is 0 Å². The molecule has 0 N–H and O–H groups in total. The van der Waals surface area contributed by atoms with Crippen molar-refractivity contribution in [3.8, 4) is 11.1 Å². The Bertz CT molecular complexity index is 1270.